The van der Waals surface area contributed by atoms with E-state index in [1.165, 1.54) is 112 Å². The minimum absolute atomic E-state index is 0.00531. The first-order valence-corrected chi connectivity index (χ1v) is 42.7. The molecular weight excluding hydrogens is 1690 g/mol. The van der Waals surface area contributed by atoms with Crippen molar-refractivity contribution in [3.05, 3.63) is 235 Å². The molecule has 8 aromatic rings. The number of phenols is 1. The number of nitrogens with one attached hydrogen (secondary N) is 1. The lowest BCUT2D eigenvalue weighted by Crippen LogP contribution is -2.41. The van der Waals surface area contributed by atoms with Crippen LogP contribution in [0.3, 0.4) is 0 Å². The number of amides is 1. The highest BCUT2D eigenvalue weighted by molar-refractivity contribution is 7.88. The van der Waals surface area contributed by atoms with Crippen LogP contribution in [0.1, 0.15) is 159 Å². The highest BCUT2D eigenvalue weighted by Crippen LogP contribution is 2.53. The van der Waals surface area contributed by atoms with Crippen LogP contribution in [0, 0.1) is 63.6 Å². The van der Waals surface area contributed by atoms with Gasteiger partial charge in [-0.05, 0) is 236 Å². The second-order valence-corrected chi connectivity index (χ2v) is 37.0. The van der Waals surface area contributed by atoms with Crippen molar-refractivity contribution in [1.29, 1.82) is 10.5 Å². The number of ether oxygens (including phenoxy) is 3. The number of hydrogen-bond acceptors (Lipinski definition) is 13. The van der Waals surface area contributed by atoms with Crippen molar-refractivity contribution in [3.63, 3.8) is 0 Å². The van der Waals surface area contributed by atoms with Crippen molar-refractivity contribution in [2.24, 2.45) is 17.6 Å². The number of aromatic hydroxyl groups is 1. The van der Waals surface area contributed by atoms with Gasteiger partial charge in [-0.3, -0.25) is 4.79 Å². The van der Waals surface area contributed by atoms with Gasteiger partial charge in [0.2, 0.25) is 20.0 Å². The first-order valence-electron chi connectivity index (χ1n) is 36.0. The van der Waals surface area contributed by atoms with Crippen molar-refractivity contribution in [2.75, 3.05) is 51.8 Å². The average Bonchev–Trinajstić information content (AvgIpc) is 1.54. The van der Waals surface area contributed by atoms with Gasteiger partial charge in [0.1, 0.15) is 63.4 Å². The first-order chi connectivity index (χ1) is 53.5. The van der Waals surface area contributed by atoms with Crippen LogP contribution in [0.5, 0.6) is 40.2 Å². The van der Waals surface area contributed by atoms with E-state index in [0.717, 1.165) is 92.5 Å². The normalized spacial score (nSPS) is 16.9. The number of halogens is 13. The number of benzene rings is 8. The number of carboxylic acids is 1. The molecular formula is C82H81Cl8F5N6O11S2. The smallest absolute Gasteiger partial charge is 0.337 e. The lowest BCUT2D eigenvalue weighted by Gasteiger charge is -2.30. The molecule has 114 heavy (non-hydrogen) atoms. The summed E-state index contributed by atoms with van der Waals surface area (Å²) in [6.45, 7) is 11.5. The van der Waals surface area contributed by atoms with Gasteiger partial charge >= 0.3 is 5.97 Å². The third-order valence-corrected chi connectivity index (χ3v) is 26.1. The van der Waals surface area contributed by atoms with Gasteiger partial charge in [0.25, 0.3) is 5.91 Å². The zero-order chi connectivity index (χ0) is 83.7. The Balaban J connectivity index is 0.000000165. The molecule has 0 spiro atoms. The van der Waals surface area contributed by atoms with Crippen molar-refractivity contribution in [2.45, 2.75) is 126 Å². The van der Waals surface area contributed by atoms with Gasteiger partial charge in [-0.1, -0.05) is 121 Å². The Kier molecular flexibility index (Phi) is 30.1. The van der Waals surface area contributed by atoms with Gasteiger partial charge in [0, 0.05) is 57.0 Å². The Bertz CT molecular complexity index is 5240. The largest absolute Gasteiger partial charge is 0.508 e. The van der Waals surface area contributed by atoms with Crippen LogP contribution in [0.25, 0.3) is 0 Å². The van der Waals surface area contributed by atoms with Crippen molar-refractivity contribution in [3.8, 4) is 52.4 Å². The Morgan fingerprint density at radius 3 is 1.16 bits per heavy atom. The van der Waals surface area contributed by atoms with Crippen LogP contribution in [-0.4, -0.2) is 99.3 Å². The summed E-state index contributed by atoms with van der Waals surface area (Å²) in [6.07, 6.45) is 13.8. The molecule has 2 aliphatic heterocycles. The molecule has 17 nitrogen and oxygen atoms in total. The van der Waals surface area contributed by atoms with E-state index in [1.807, 2.05) is 6.07 Å². The van der Waals surface area contributed by atoms with Crippen LogP contribution < -0.4 is 25.3 Å². The Hall–Kier alpha value is -7.37. The van der Waals surface area contributed by atoms with Gasteiger partial charge in [-0.25, -0.2) is 52.2 Å². The van der Waals surface area contributed by atoms with Crippen molar-refractivity contribution < 1.29 is 72.8 Å². The number of sulfonamides is 2. The maximum Gasteiger partial charge on any atom is 0.337 e. The summed E-state index contributed by atoms with van der Waals surface area (Å²) in [5.74, 6) is -2.08. The molecule has 0 aromatic heterocycles. The number of hydrogen-bond donors (Lipinski definition) is 4. The van der Waals surface area contributed by atoms with Crippen molar-refractivity contribution in [1.82, 2.24) is 13.9 Å². The van der Waals surface area contributed by atoms with Gasteiger partial charge in [-0.2, -0.15) is 10.5 Å². The zero-order valence-electron chi connectivity index (χ0n) is 62.6. The fourth-order valence-electron chi connectivity index (χ4n) is 12.3. The van der Waals surface area contributed by atoms with Gasteiger partial charge in [0.05, 0.1) is 69.9 Å². The molecule has 2 saturated heterocycles. The highest BCUT2D eigenvalue weighted by atomic mass is 35.5. The van der Waals surface area contributed by atoms with Crippen molar-refractivity contribution >= 4 is 125 Å². The van der Waals surface area contributed by atoms with Gasteiger partial charge in [-0.15, -0.1) is 0 Å². The van der Waals surface area contributed by atoms with Crippen LogP contribution in [-0.2, 0) is 41.7 Å². The Morgan fingerprint density at radius 2 is 0.807 bits per heavy atom. The summed E-state index contributed by atoms with van der Waals surface area (Å²) in [7, 11) is -6.16. The fourth-order valence-corrected chi connectivity index (χ4v) is 16.0. The fraction of sp³-hybridized carbons (Fsp3) is 0.366. The Morgan fingerprint density at radius 1 is 0.482 bits per heavy atom. The van der Waals surface area contributed by atoms with E-state index in [2.05, 4.69) is 33.0 Å². The average molecular weight is 1770 g/mol. The second kappa shape index (κ2) is 37.9. The molecule has 0 bridgehead atoms. The van der Waals surface area contributed by atoms with Crippen LogP contribution >= 0.6 is 92.8 Å². The van der Waals surface area contributed by atoms with E-state index >= 15 is 0 Å². The summed E-state index contributed by atoms with van der Waals surface area (Å²) < 4.78 is 133. The SMILES string of the molecule is CC1(c2cc(F)cc(Oc3c(Cl)ccc(C#N)c3Cl)c2)CC1.CC1(c2cc(F)cc(Oc3c(Cl)ccc(C(=O)NCC4CCN(S(C)(=O)=O)CC4)c3Cl)c2)CC1.CC1(c2cc(F)cc(Oc3c(Cl)ccc(C(=O)O)c3Cl)c2)CC1.CC1(c2cc(O)cc(F)c2)CC1.CS(=O)(=O)N1CCC(CN)CC1.N#Cc1ccc(Cl)c(F)c1Cl. The number of nitriles is 2. The molecule has 32 heteroatoms. The molecule has 608 valence electrons. The number of carbonyl (C=O) groups is 2. The van der Waals surface area contributed by atoms with Crippen LogP contribution in [0.15, 0.2) is 121 Å². The van der Waals surface area contributed by atoms with E-state index in [0.29, 0.717) is 63.8 Å². The topological polar surface area (TPSA) is 263 Å². The molecule has 14 rings (SSSR count). The molecule has 1 amide bonds. The minimum Gasteiger partial charge on any atom is -0.508 e. The molecule has 6 aliphatic rings. The predicted octanol–water partition coefficient (Wildman–Crippen LogP) is 22.1. The Labute approximate surface area is 699 Å². The third-order valence-electron chi connectivity index (χ3n) is 20.8. The quantitative estimate of drug-likeness (QED) is 0.0488. The standard InChI is InChI=1S/C24H27Cl2FN2O4S.C17H12Cl2FNO.C17H13Cl2FO3.C10H11FO.C7H2Cl2FN.C7H16N2O2S/c1-24(7-8-24)16-11-17(27)13-18(12-16)33-22-20(25)4-3-19(21(22)26)23(30)28-14-15-5-9-29(10-6-15)34(2,31)32;1-17(4-5-17)11-6-12(20)8-13(7-11)22-16-14(18)3-2-10(9-21)15(16)19;1-17(4-5-17)9-6-10(20)8-11(7-9)23-15-13(18)3-2-12(14(15)19)16(21)22;1-10(2-3-10)7-4-8(11)6-9(12)5-7;8-5-2-1-4(3-11)6(9)7(5)10;1-12(10,11)9-4-2-7(6-8)3-5-9/h3-4,11-13,15H,5-10,14H2,1-2H3,(H,28,30);2-3,6-8H,4-5H2,1H3;2-3,6-8H,4-5H2,1H3,(H,21,22);4-6,12H,2-3H2,1H3;1-2H;7H,2-6,8H2,1H3. The number of carbonyl (C=O) groups excluding carboxylic acids is 1. The van der Waals surface area contributed by atoms with E-state index < -0.39 is 43.5 Å². The molecule has 0 atom stereocenters. The second-order valence-electron chi connectivity index (χ2n) is 29.9. The molecule has 6 fully saturated rings. The number of phenolic OH excluding ortho intramolecular Hbond substituents is 1. The molecule has 5 N–H and O–H groups in total. The zero-order valence-corrected chi connectivity index (χ0v) is 70.3. The summed E-state index contributed by atoms with van der Waals surface area (Å²) in [6, 6.07) is 33.0. The lowest BCUT2D eigenvalue weighted by molar-refractivity contribution is 0.0696. The van der Waals surface area contributed by atoms with Crippen LogP contribution in [0.4, 0.5) is 22.0 Å². The molecule has 4 aliphatic carbocycles. The summed E-state index contributed by atoms with van der Waals surface area (Å²) in [5.41, 5.74) is 9.47. The van der Waals surface area contributed by atoms with Crippen LogP contribution in [0.2, 0.25) is 40.2 Å². The van der Waals surface area contributed by atoms with E-state index in [9.17, 15) is 48.4 Å². The molecule has 8 aromatic carbocycles. The lowest BCUT2D eigenvalue weighted by atomic mass is 9.98. The highest BCUT2D eigenvalue weighted by Gasteiger charge is 2.43. The summed E-state index contributed by atoms with van der Waals surface area (Å²) in [5, 5.41) is 38.9. The number of rotatable bonds is 17. The number of nitrogens with zero attached hydrogens (tertiary/aromatic N) is 4. The van der Waals surface area contributed by atoms with E-state index in [1.54, 1.807) is 30.3 Å². The first kappa shape index (κ1) is 90.5. The monoisotopic (exact) mass is 1760 g/mol. The number of piperidine rings is 2. The summed E-state index contributed by atoms with van der Waals surface area (Å²) >= 11 is 47.9. The maximum atomic E-state index is 14.2. The predicted molar refractivity (Wildman–Crippen MR) is 436 cm³/mol. The maximum absolute atomic E-state index is 14.2. The molecule has 0 radical (unpaired) electrons. The van der Waals surface area contributed by atoms with Gasteiger partial charge < -0.3 is 35.5 Å². The third kappa shape index (κ3) is 24.2. The minimum atomic E-state index is -3.20. The number of carboxylic acid groups (broad SMARTS) is 1. The van der Waals surface area contributed by atoms with Gasteiger partial charge in [0.15, 0.2) is 23.1 Å². The number of aromatic carboxylic acids is 1. The molecule has 2 heterocycles. The molecule has 4 saturated carbocycles. The number of nitrogens with two attached hydrogens (primary N) is 1. The van der Waals surface area contributed by atoms with E-state index in [4.69, 9.17) is 133 Å². The van der Waals surface area contributed by atoms with E-state index in [-0.39, 0.29) is 142 Å². The summed E-state index contributed by atoms with van der Waals surface area (Å²) in [4.78, 5) is 24.0. The molecule has 0 unspecified atom stereocenters.